The number of nitrogens with one attached hydrogen (secondary N) is 2. The molecule has 5 N–H and O–H groups in total. The first-order valence-electron chi connectivity index (χ1n) is 13.8. The molecule has 9 nitrogen and oxygen atoms in total. The number of nitrogens with zero attached hydrogens (tertiary/aromatic N) is 2. The number of nitrogens with two attached hydrogens (primary N) is 1. The maximum Gasteiger partial charge on any atom is 0.331 e. The van der Waals surface area contributed by atoms with Gasteiger partial charge in [-0.05, 0) is 48.6 Å². The molecule has 0 radical (unpaired) electrons. The topological polar surface area (TPSA) is 130 Å². The van der Waals surface area contributed by atoms with Crippen molar-refractivity contribution in [2.75, 3.05) is 14.1 Å². The second-order valence-corrected chi connectivity index (χ2v) is 12.8. The number of carbonyl (C=O) groups is 3. The summed E-state index contributed by atoms with van der Waals surface area (Å²) in [7, 11) is 5.39. The molecule has 40 heavy (non-hydrogen) atoms. The second kappa shape index (κ2) is 12.6. The van der Waals surface area contributed by atoms with Crippen LogP contribution in [0.2, 0.25) is 0 Å². The Kier molecular flexibility index (Phi) is 10.4. The SMILES string of the molecule is CNC(C(=O)N[C@H](C(=O)N(C)[C@H](/C=C(\C)C(=O)O)C(C)C)C(C)(C)C)C(C)(C)c1cn(C)c2ccc(CN)cc12. The maximum atomic E-state index is 14.0. The van der Waals surface area contributed by atoms with Crippen molar-refractivity contribution < 1.29 is 19.5 Å². The number of aromatic nitrogens is 1. The van der Waals surface area contributed by atoms with Crippen LogP contribution in [0, 0.1) is 11.3 Å². The highest BCUT2D eigenvalue weighted by atomic mass is 16.4. The van der Waals surface area contributed by atoms with Gasteiger partial charge in [-0.3, -0.25) is 9.59 Å². The normalized spacial score (nSPS) is 15.2. The van der Waals surface area contributed by atoms with Crippen LogP contribution >= 0.6 is 0 Å². The first-order chi connectivity index (χ1) is 18.4. The van der Waals surface area contributed by atoms with Crippen LogP contribution in [-0.2, 0) is 33.4 Å². The molecule has 0 aliphatic rings. The average Bonchev–Trinajstić information content (AvgIpc) is 3.20. The number of aryl methyl sites for hydroxylation is 1. The smallest absolute Gasteiger partial charge is 0.331 e. The van der Waals surface area contributed by atoms with E-state index >= 15 is 0 Å². The van der Waals surface area contributed by atoms with Crippen LogP contribution in [-0.4, -0.2) is 64.6 Å². The molecule has 222 valence electrons. The van der Waals surface area contributed by atoms with Gasteiger partial charge in [0.2, 0.25) is 11.8 Å². The maximum absolute atomic E-state index is 14.0. The number of hydrogen-bond acceptors (Lipinski definition) is 5. The highest BCUT2D eigenvalue weighted by Gasteiger charge is 2.42. The van der Waals surface area contributed by atoms with Gasteiger partial charge in [-0.15, -0.1) is 0 Å². The first-order valence-corrected chi connectivity index (χ1v) is 13.8. The lowest BCUT2D eigenvalue weighted by atomic mass is 9.76. The zero-order chi connectivity index (χ0) is 30.7. The molecule has 1 aromatic carbocycles. The van der Waals surface area contributed by atoms with E-state index in [1.54, 1.807) is 25.1 Å². The summed E-state index contributed by atoms with van der Waals surface area (Å²) >= 11 is 0. The van der Waals surface area contributed by atoms with E-state index in [0.29, 0.717) is 6.54 Å². The third-order valence-electron chi connectivity index (χ3n) is 7.89. The van der Waals surface area contributed by atoms with E-state index in [-0.39, 0.29) is 23.3 Å². The number of hydrogen-bond donors (Lipinski definition) is 4. The van der Waals surface area contributed by atoms with E-state index < -0.39 is 34.9 Å². The number of fused-ring (bicyclic) bond motifs is 1. The lowest BCUT2D eigenvalue weighted by molar-refractivity contribution is -0.141. The summed E-state index contributed by atoms with van der Waals surface area (Å²) in [5.41, 5.74) is 7.89. The zero-order valence-corrected chi connectivity index (χ0v) is 26.0. The summed E-state index contributed by atoms with van der Waals surface area (Å²) in [6.07, 6.45) is 3.65. The average molecular weight is 556 g/mol. The number of carboxylic acid groups (broad SMARTS) is 1. The fourth-order valence-electron chi connectivity index (χ4n) is 5.36. The van der Waals surface area contributed by atoms with Gasteiger partial charge in [-0.25, -0.2) is 4.79 Å². The molecule has 2 aromatic rings. The van der Waals surface area contributed by atoms with Crippen molar-refractivity contribution in [3.8, 4) is 0 Å². The number of carbonyl (C=O) groups excluding carboxylic acids is 2. The molecule has 3 atom stereocenters. The molecule has 0 bridgehead atoms. The van der Waals surface area contributed by atoms with Gasteiger partial charge in [0.15, 0.2) is 0 Å². The summed E-state index contributed by atoms with van der Waals surface area (Å²) in [5.74, 6) is -1.63. The molecular weight excluding hydrogens is 506 g/mol. The van der Waals surface area contributed by atoms with Crippen molar-refractivity contribution in [2.24, 2.45) is 24.1 Å². The standard InChI is InChI=1S/C31H49N5O4/c1-18(2)24(14-19(3)29(39)40)36(11)28(38)26(30(4,5)6)34-27(37)25(33-9)31(7,8)22-17-35(10)23-13-12-20(16-32)15-21(22)23/h12-15,17-18,24-26,33H,16,32H2,1-11H3,(H,34,37)(H,39,40)/b19-14+/t24-,25?,26-/m1/s1. The molecule has 0 saturated carbocycles. The van der Waals surface area contributed by atoms with Crippen molar-refractivity contribution in [1.82, 2.24) is 20.1 Å². The summed E-state index contributed by atoms with van der Waals surface area (Å²) in [6, 6.07) is 4.18. The fourth-order valence-corrected chi connectivity index (χ4v) is 5.36. The Morgan fingerprint density at radius 2 is 1.73 bits per heavy atom. The molecule has 0 spiro atoms. The number of aliphatic carboxylic acids is 1. The minimum absolute atomic E-state index is 0.0340. The molecule has 2 amide bonds. The Morgan fingerprint density at radius 1 is 1.12 bits per heavy atom. The van der Waals surface area contributed by atoms with Gasteiger partial charge in [0.1, 0.15) is 6.04 Å². The molecule has 9 heteroatoms. The van der Waals surface area contributed by atoms with Gasteiger partial charge in [-0.2, -0.15) is 0 Å². The van der Waals surface area contributed by atoms with Crippen LogP contribution in [0.5, 0.6) is 0 Å². The van der Waals surface area contributed by atoms with Crippen LogP contribution in [0.25, 0.3) is 10.9 Å². The Morgan fingerprint density at radius 3 is 2.20 bits per heavy atom. The van der Waals surface area contributed by atoms with Crippen LogP contribution in [0.15, 0.2) is 36.0 Å². The van der Waals surface area contributed by atoms with Crippen molar-refractivity contribution in [1.29, 1.82) is 0 Å². The number of rotatable bonds is 11. The zero-order valence-electron chi connectivity index (χ0n) is 26.0. The van der Waals surface area contributed by atoms with Gasteiger partial charge in [0.25, 0.3) is 0 Å². The number of likely N-dealkylation sites (N-methyl/N-ethyl adjacent to an activating group) is 2. The summed E-state index contributed by atoms with van der Waals surface area (Å²) in [6.45, 7) is 15.6. The van der Waals surface area contributed by atoms with Gasteiger partial charge < -0.3 is 30.9 Å². The van der Waals surface area contributed by atoms with Gasteiger partial charge in [0.05, 0.1) is 12.1 Å². The molecule has 0 fully saturated rings. The second-order valence-electron chi connectivity index (χ2n) is 12.8. The highest BCUT2D eigenvalue weighted by Crippen LogP contribution is 2.35. The van der Waals surface area contributed by atoms with Gasteiger partial charge in [-0.1, -0.05) is 60.6 Å². The lowest BCUT2D eigenvalue weighted by Gasteiger charge is -2.39. The third kappa shape index (κ3) is 6.93. The molecule has 0 saturated heterocycles. The molecular formula is C31H49N5O4. The first kappa shape index (κ1) is 33.0. The van der Waals surface area contributed by atoms with Gasteiger partial charge >= 0.3 is 5.97 Å². The Labute approximate surface area is 239 Å². The van der Waals surface area contributed by atoms with E-state index in [1.807, 2.05) is 78.4 Å². The Hall–Kier alpha value is -3.17. The molecule has 1 unspecified atom stereocenters. The number of amides is 2. The summed E-state index contributed by atoms with van der Waals surface area (Å²) < 4.78 is 2.05. The largest absolute Gasteiger partial charge is 0.478 e. The molecule has 0 aliphatic carbocycles. The van der Waals surface area contributed by atoms with Crippen molar-refractivity contribution in [2.45, 2.75) is 85.5 Å². The minimum Gasteiger partial charge on any atom is -0.478 e. The predicted octanol–water partition coefficient (Wildman–Crippen LogP) is 3.55. The number of benzene rings is 1. The van der Waals surface area contributed by atoms with E-state index in [4.69, 9.17) is 5.73 Å². The van der Waals surface area contributed by atoms with Gasteiger partial charge in [0, 0.05) is 48.7 Å². The van der Waals surface area contributed by atoms with Crippen LogP contribution < -0.4 is 16.4 Å². The monoisotopic (exact) mass is 555 g/mol. The fraction of sp³-hybridized carbons (Fsp3) is 0.581. The number of carboxylic acids is 1. The minimum atomic E-state index is -1.03. The van der Waals surface area contributed by atoms with Crippen LogP contribution in [0.4, 0.5) is 0 Å². The molecule has 1 heterocycles. The Bertz CT molecular complexity index is 1270. The van der Waals surface area contributed by atoms with E-state index in [9.17, 15) is 19.5 Å². The van der Waals surface area contributed by atoms with Crippen molar-refractivity contribution in [3.63, 3.8) is 0 Å². The Balaban J connectivity index is 2.47. The van der Waals surface area contributed by atoms with Crippen molar-refractivity contribution >= 4 is 28.7 Å². The molecule has 2 rings (SSSR count). The summed E-state index contributed by atoms with van der Waals surface area (Å²) in [5, 5.41) is 16.7. The van der Waals surface area contributed by atoms with Crippen LogP contribution in [0.3, 0.4) is 0 Å². The quantitative estimate of drug-likeness (QED) is 0.314. The molecule has 1 aromatic heterocycles. The highest BCUT2D eigenvalue weighted by molar-refractivity contribution is 5.93. The predicted molar refractivity (Wildman–Crippen MR) is 161 cm³/mol. The van der Waals surface area contributed by atoms with E-state index in [1.165, 1.54) is 6.92 Å². The van der Waals surface area contributed by atoms with E-state index in [2.05, 4.69) is 16.7 Å². The lowest BCUT2D eigenvalue weighted by Crippen LogP contribution is -2.61. The van der Waals surface area contributed by atoms with Crippen molar-refractivity contribution in [3.05, 3.63) is 47.2 Å². The molecule has 0 aliphatic heterocycles. The summed E-state index contributed by atoms with van der Waals surface area (Å²) in [4.78, 5) is 40.9. The van der Waals surface area contributed by atoms with E-state index in [0.717, 1.165) is 22.0 Å². The third-order valence-corrected chi connectivity index (χ3v) is 7.89. The van der Waals surface area contributed by atoms with Crippen LogP contribution in [0.1, 0.15) is 66.5 Å².